The van der Waals surface area contributed by atoms with Gasteiger partial charge in [-0.25, -0.2) is 4.98 Å². The number of nitrogens with zero attached hydrogens (tertiary/aromatic N) is 2. The van der Waals surface area contributed by atoms with Crippen molar-refractivity contribution < 1.29 is 27.9 Å². The third kappa shape index (κ3) is 8.14. The number of carboxylic acids is 1. The first-order valence-electron chi connectivity index (χ1n) is 11.6. The molecule has 0 aliphatic carbocycles. The van der Waals surface area contributed by atoms with E-state index in [1.165, 1.54) is 23.5 Å². The minimum atomic E-state index is -4.40. The molecule has 0 bridgehead atoms. The normalized spacial score (nSPS) is 11.3. The molecule has 0 radical (unpaired) electrons. The van der Waals surface area contributed by atoms with Crippen molar-refractivity contribution in [1.29, 1.82) is 0 Å². The Bertz CT molecular complexity index is 1500. The number of aliphatic carboxylic acids is 1. The Morgan fingerprint density at radius 2 is 1.70 bits per heavy atom. The Kier molecular flexibility index (Phi) is 9.62. The van der Waals surface area contributed by atoms with E-state index in [1.54, 1.807) is 54.6 Å². The number of benzene rings is 3. The maximum absolute atomic E-state index is 12.8. The van der Waals surface area contributed by atoms with E-state index >= 15 is 0 Å². The summed E-state index contributed by atoms with van der Waals surface area (Å²) in [7, 11) is 0. The molecule has 2 N–H and O–H groups in total. The second kappa shape index (κ2) is 12.9. The van der Waals surface area contributed by atoms with Gasteiger partial charge < -0.3 is 15.3 Å². The van der Waals surface area contributed by atoms with E-state index in [1.807, 2.05) is 10.3 Å². The van der Waals surface area contributed by atoms with Gasteiger partial charge in [0.2, 0.25) is 0 Å². The molecule has 4 rings (SSSR count). The molecule has 0 fully saturated rings. The van der Waals surface area contributed by atoms with Crippen molar-refractivity contribution in [3.05, 3.63) is 93.3 Å². The summed E-state index contributed by atoms with van der Waals surface area (Å²) in [6, 6.07) is 17.9. The van der Waals surface area contributed by atoms with Crippen LogP contribution in [0, 0.1) is 0 Å². The number of nitrogens with one attached hydrogen (secondary N) is 1. The molecule has 40 heavy (non-hydrogen) atoms. The number of thioether (sulfide) groups is 1. The van der Waals surface area contributed by atoms with Crippen molar-refractivity contribution in [3.8, 4) is 11.3 Å². The Balaban J connectivity index is 1.60. The summed E-state index contributed by atoms with van der Waals surface area (Å²) in [6.07, 6.45) is -0.183. The van der Waals surface area contributed by atoms with Crippen LogP contribution >= 0.6 is 46.3 Å². The summed E-state index contributed by atoms with van der Waals surface area (Å²) in [5.41, 5.74) is -1.19. The van der Waals surface area contributed by atoms with Gasteiger partial charge in [0.15, 0.2) is 5.13 Å². The first kappa shape index (κ1) is 29.7. The number of thiazole rings is 1. The zero-order valence-electron chi connectivity index (χ0n) is 20.4. The summed E-state index contributed by atoms with van der Waals surface area (Å²) in [5, 5.41) is 14.5. The van der Waals surface area contributed by atoms with Crippen LogP contribution in [0.2, 0.25) is 10.0 Å². The Morgan fingerprint density at radius 1 is 1.00 bits per heavy atom. The molecule has 0 aliphatic heterocycles. The van der Waals surface area contributed by atoms with Gasteiger partial charge in [0.1, 0.15) is 0 Å². The molecule has 0 unspecified atom stereocenters. The topological polar surface area (TPSA) is 82.5 Å². The molecule has 4 aromatic rings. The molecule has 0 saturated heterocycles. The van der Waals surface area contributed by atoms with E-state index < -0.39 is 17.4 Å². The SMILES string of the molecule is O=C(O)CCNC(=O)c1ccc(CN(c2ccc(SC(F)(F)F)cc2)c2nc(-c3ccc(Cl)c(Cl)c3)cs2)cc1. The highest BCUT2D eigenvalue weighted by molar-refractivity contribution is 8.00. The number of hydrogen-bond donors (Lipinski definition) is 2. The second-order valence-corrected chi connectivity index (χ2v) is 11.2. The summed E-state index contributed by atoms with van der Waals surface area (Å²) >= 11 is 13.4. The summed E-state index contributed by atoms with van der Waals surface area (Å²) in [5.74, 6) is -1.40. The molecule has 6 nitrogen and oxygen atoms in total. The zero-order chi connectivity index (χ0) is 28.9. The van der Waals surface area contributed by atoms with Gasteiger partial charge in [-0.1, -0.05) is 41.4 Å². The summed E-state index contributed by atoms with van der Waals surface area (Å²) < 4.78 is 38.5. The fourth-order valence-electron chi connectivity index (χ4n) is 3.60. The van der Waals surface area contributed by atoms with Crippen LogP contribution in [0.1, 0.15) is 22.3 Å². The Labute approximate surface area is 245 Å². The molecule has 3 aromatic carbocycles. The van der Waals surface area contributed by atoms with Crippen LogP contribution in [0.15, 0.2) is 77.0 Å². The van der Waals surface area contributed by atoms with E-state index in [9.17, 15) is 22.8 Å². The Hall–Kier alpha value is -3.25. The van der Waals surface area contributed by atoms with Gasteiger partial charge in [0.25, 0.3) is 5.91 Å². The third-order valence-corrected chi connectivity index (χ3v) is 7.84. The van der Waals surface area contributed by atoms with E-state index in [0.717, 1.165) is 11.1 Å². The molecule has 0 spiro atoms. The lowest BCUT2D eigenvalue weighted by Gasteiger charge is -2.23. The standard InChI is InChI=1S/C27H20Cl2F3N3O3S2/c28-21-10-5-18(13-22(21)29)23-15-39-26(34-23)35(19-6-8-20(9-7-19)40-27(30,31)32)14-16-1-3-17(4-2-16)25(38)33-12-11-24(36)37/h1-10,13,15H,11-12,14H2,(H,33,38)(H,36,37). The van der Waals surface area contributed by atoms with E-state index in [-0.39, 0.29) is 29.6 Å². The number of alkyl halides is 3. The van der Waals surface area contributed by atoms with Crippen LogP contribution in [-0.4, -0.2) is 34.0 Å². The highest BCUT2D eigenvalue weighted by Gasteiger charge is 2.29. The van der Waals surface area contributed by atoms with Gasteiger partial charge in [-0.15, -0.1) is 11.3 Å². The quantitative estimate of drug-likeness (QED) is 0.173. The lowest BCUT2D eigenvalue weighted by Crippen LogP contribution is -2.26. The molecule has 0 saturated carbocycles. The third-order valence-electron chi connectivity index (χ3n) is 5.50. The van der Waals surface area contributed by atoms with Crippen molar-refractivity contribution >= 4 is 69.0 Å². The van der Waals surface area contributed by atoms with Crippen LogP contribution in [0.4, 0.5) is 24.0 Å². The lowest BCUT2D eigenvalue weighted by molar-refractivity contribution is -0.136. The average Bonchev–Trinajstić information content (AvgIpc) is 3.39. The molecular weight excluding hydrogens is 606 g/mol. The number of carboxylic acid groups (broad SMARTS) is 1. The van der Waals surface area contributed by atoms with Gasteiger partial charge in [-0.3, -0.25) is 9.59 Å². The highest BCUT2D eigenvalue weighted by atomic mass is 35.5. The molecular formula is C27H20Cl2F3N3O3S2. The van der Waals surface area contributed by atoms with Gasteiger partial charge in [-0.2, -0.15) is 13.2 Å². The predicted octanol–water partition coefficient (Wildman–Crippen LogP) is 8.27. The molecule has 13 heteroatoms. The van der Waals surface area contributed by atoms with Gasteiger partial charge in [0, 0.05) is 33.6 Å². The number of rotatable bonds is 10. The first-order chi connectivity index (χ1) is 19.0. The average molecular weight is 627 g/mol. The maximum atomic E-state index is 12.8. The minimum absolute atomic E-state index is 0.0114. The van der Waals surface area contributed by atoms with E-state index in [2.05, 4.69) is 5.32 Å². The van der Waals surface area contributed by atoms with Crippen molar-refractivity contribution in [2.75, 3.05) is 11.4 Å². The Morgan fingerprint density at radius 3 is 2.33 bits per heavy atom. The van der Waals surface area contributed by atoms with E-state index in [0.29, 0.717) is 38.7 Å². The summed E-state index contributed by atoms with van der Waals surface area (Å²) in [6.45, 7) is 0.318. The molecule has 0 aliphatic rings. The van der Waals surface area contributed by atoms with Crippen molar-refractivity contribution in [2.45, 2.75) is 23.4 Å². The monoisotopic (exact) mass is 625 g/mol. The molecule has 1 amide bonds. The number of carbonyl (C=O) groups excluding carboxylic acids is 1. The summed E-state index contributed by atoms with van der Waals surface area (Å²) in [4.78, 5) is 29.6. The fourth-order valence-corrected chi connectivity index (χ4v) is 5.29. The number of carbonyl (C=O) groups is 2. The smallest absolute Gasteiger partial charge is 0.446 e. The first-order valence-corrected chi connectivity index (χ1v) is 14.1. The molecule has 1 heterocycles. The fraction of sp³-hybridized carbons (Fsp3) is 0.148. The maximum Gasteiger partial charge on any atom is 0.446 e. The van der Waals surface area contributed by atoms with Crippen LogP contribution < -0.4 is 10.2 Å². The van der Waals surface area contributed by atoms with Crippen LogP contribution in [0.3, 0.4) is 0 Å². The van der Waals surface area contributed by atoms with Crippen LogP contribution in [-0.2, 0) is 11.3 Å². The number of aromatic nitrogens is 1. The van der Waals surface area contributed by atoms with Crippen molar-refractivity contribution in [1.82, 2.24) is 10.3 Å². The second-order valence-electron chi connectivity index (χ2n) is 8.37. The van der Waals surface area contributed by atoms with Crippen molar-refractivity contribution in [3.63, 3.8) is 0 Å². The highest BCUT2D eigenvalue weighted by Crippen LogP contribution is 2.39. The van der Waals surface area contributed by atoms with Crippen molar-refractivity contribution in [2.24, 2.45) is 0 Å². The minimum Gasteiger partial charge on any atom is -0.481 e. The predicted molar refractivity (Wildman–Crippen MR) is 153 cm³/mol. The van der Waals surface area contributed by atoms with Crippen LogP contribution in [0.5, 0.6) is 0 Å². The number of anilines is 2. The van der Waals surface area contributed by atoms with Gasteiger partial charge >= 0.3 is 11.5 Å². The molecule has 0 atom stereocenters. The number of hydrogen-bond acceptors (Lipinski definition) is 6. The number of halogens is 5. The van der Waals surface area contributed by atoms with Crippen LogP contribution in [0.25, 0.3) is 11.3 Å². The molecule has 208 valence electrons. The lowest BCUT2D eigenvalue weighted by atomic mass is 10.1. The molecule has 1 aromatic heterocycles. The number of amides is 1. The van der Waals surface area contributed by atoms with Gasteiger partial charge in [-0.05, 0) is 65.9 Å². The van der Waals surface area contributed by atoms with Gasteiger partial charge in [0.05, 0.1) is 28.7 Å². The largest absolute Gasteiger partial charge is 0.481 e. The van der Waals surface area contributed by atoms with E-state index in [4.69, 9.17) is 33.3 Å². The zero-order valence-corrected chi connectivity index (χ0v) is 23.6.